The molecule has 0 spiro atoms. The van der Waals surface area contributed by atoms with Gasteiger partial charge in [-0.05, 0) is 6.07 Å². The molecule has 0 aliphatic carbocycles. The van der Waals surface area contributed by atoms with E-state index in [0.29, 0.717) is 5.69 Å². The molecule has 0 amide bonds. The van der Waals surface area contributed by atoms with E-state index in [1.165, 1.54) is 18.3 Å². The molecule has 0 saturated heterocycles. The van der Waals surface area contributed by atoms with Gasteiger partial charge in [0, 0.05) is 11.7 Å². The zero-order valence-corrected chi connectivity index (χ0v) is 6.23. The minimum absolute atomic E-state index is 0.144. The number of amidine groups is 1. The zero-order chi connectivity index (χ0) is 9.14. The van der Waals surface area contributed by atoms with E-state index in [0.717, 1.165) is 0 Å². The van der Waals surface area contributed by atoms with Gasteiger partial charge < -0.3 is 15.8 Å². The predicted octanol–water partition coefficient (Wildman–Crippen LogP) is -1.95. The first-order valence-corrected chi connectivity index (χ1v) is 3.27. The molecule has 62 valence electrons. The molecule has 0 aromatic carbocycles. The van der Waals surface area contributed by atoms with Gasteiger partial charge in [0.1, 0.15) is 11.5 Å². The molecule has 12 heavy (non-hydrogen) atoms. The summed E-state index contributed by atoms with van der Waals surface area (Å²) in [5.74, 6) is -0.144. The summed E-state index contributed by atoms with van der Waals surface area (Å²) in [6, 6.07) is 2.91. The Morgan fingerprint density at radius 3 is 2.50 bits per heavy atom. The summed E-state index contributed by atoms with van der Waals surface area (Å²) in [6.45, 7) is 0. The van der Waals surface area contributed by atoms with Gasteiger partial charge in [-0.15, -0.1) is 0 Å². The second-order valence-corrected chi connectivity index (χ2v) is 2.26. The largest absolute Gasteiger partial charge is 0.490 e. The van der Waals surface area contributed by atoms with Gasteiger partial charge in [-0.2, -0.15) is 0 Å². The molecular weight excluding hydrogens is 157 g/mol. The van der Waals surface area contributed by atoms with Crippen molar-refractivity contribution >= 4 is 18.4 Å². The van der Waals surface area contributed by atoms with Crippen LogP contribution in [0.1, 0.15) is 5.69 Å². The van der Waals surface area contributed by atoms with Gasteiger partial charge in [-0.25, -0.2) is 0 Å². The first kappa shape index (κ1) is 8.70. The SMILES string of the molecule is N=C(N)c1ccc(B(O)O)cn1. The minimum atomic E-state index is -1.53. The van der Waals surface area contributed by atoms with E-state index in [1.807, 2.05) is 0 Å². The van der Waals surface area contributed by atoms with Crippen LogP contribution in [0.15, 0.2) is 18.3 Å². The fraction of sp³-hybridized carbons (Fsp3) is 0. The van der Waals surface area contributed by atoms with Gasteiger partial charge in [0.05, 0.1) is 0 Å². The quantitative estimate of drug-likeness (QED) is 0.232. The van der Waals surface area contributed by atoms with Crippen molar-refractivity contribution in [1.29, 1.82) is 5.41 Å². The summed E-state index contributed by atoms with van der Waals surface area (Å²) in [5.41, 5.74) is 5.73. The van der Waals surface area contributed by atoms with E-state index in [2.05, 4.69) is 4.98 Å². The lowest BCUT2D eigenvalue weighted by atomic mass is 9.82. The Morgan fingerprint density at radius 1 is 1.50 bits per heavy atom. The molecule has 0 aliphatic rings. The summed E-state index contributed by atoms with van der Waals surface area (Å²) in [7, 11) is -1.53. The highest BCUT2D eigenvalue weighted by Crippen LogP contribution is 1.89. The van der Waals surface area contributed by atoms with Crippen molar-refractivity contribution in [2.24, 2.45) is 5.73 Å². The molecule has 0 atom stereocenters. The monoisotopic (exact) mass is 165 g/mol. The highest BCUT2D eigenvalue weighted by atomic mass is 16.4. The van der Waals surface area contributed by atoms with Crippen LogP contribution >= 0.6 is 0 Å². The maximum atomic E-state index is 8.68. The number of nitrogens with two attached hydrogens (primary N) is 1. The van der Waals surface area contributed by atoms with Gasteiger partial charge in [0.2, 0.25) is 0 Å². The first-order chi connectivity index (χ1) is 5.61. The summed E-state index contributed by atoms with van der Waals surface area (Å²) >= 11 is 0. The van der Waals surface area contributed by atoms with Crippen LogP contribution in [-0.4, -0.2) is 28.0 Å². The Bertz CT molecular complexity index is 285. The van der Waals surface area contributed by atoms with E-state index in [-0.39, 0.29) is 11.3 Å². The standard InChI is InChI=1S/C6H8BN3O2/c8-6(9)5-2-1-4(3-10-5)7(11)12/h1-3,11-12H,(H3,8,9). The van der Waals surface area contributed by atoms with Crippen molar-refractivity contribution in [1.82, 2.24) is 4.98 Å². The molecule has 1 heterocycles. The number of nitrogen functional groups attached to an aromatic ring is 1. The van der Waals surface area contributed by atoms with E-state index in [9.17, 15) is 0 Å². The molecule has 1 aromatic rings. The molecule has 6 heteroatoms. The third kappa shape index (κ3) is 1.80. The molecule has 1 rings (SSSR count). The summed E-state index contributed by atoms with van der Waals surface area (Å²) in [4.78, 5) is 3.73. The third-order valence-corrected chi connectivity index (χ3v) is 1.36. The summed E-state index contributed by atoms with van der Waals surface area (Å²) < 4.78 is 0. The molecule has 0 fully saturated rings. The molecule has 0 bridgehead atoms. The Hall–Kier alpha value is -1.40. The van der Waals surface area contributed by atoms with Crippen LogP contribution in [0.2, 0.25) is 0 Å². The van der Waals surface area contributed by atoms with Crippen molar-refractivity contribution in [3.05, 3.63) is 24.0 Å². The van der Waals surface area contributed by atoms with E-state index < -0.39 is 7.12 Å². The highest BCUT2D eigenvalue weighted by Gasteiger charge is 2.10. The number of hydrogen-bond donors (Lipinski definition) is 4. The Balaban J connectivity index is 2.93. The maximum absolute atomic E-state index is 8.68. The van der Waals surface area contributed by atoms with Crippen molar-refractivity contribution in [3.63, 3.8) is 0 Å². The lowest BCUT2D eigenvalue weighted by Gasteiger charge is -1.99. The number of hydrogen-bond acceptors (Lipinski definition) is 4. The van der Waals surface area contributed by atoms with Crippen LogP contribution in [0.4, 0.5) is 0 Å². The van der Waals surface area contributed by atoms with Crippen LogP contribution in [0.5, 0.6) is 0 Å². The van der Waals surface area contributed by atoms with E-state index in [4.69, 9.17) is 21.2 Å². The van der Waals surface area contributed by atoms with Crippen molar-refractivity contribution in [3.8, 4) is 0 Å². The van der Waals surface area contributed by atoms with E-state index >= 15 is 0 Å². The third-order valence-electron chi connectivity index (χ3n) is 1.36. The second-order valence-electron chi connectivity index (χ2n) is 2.26. The van der Waals surface area contributed by atoms with Gasteiger partial charge in [0.15, 0.2) is 0 Å². The summed E-state index contributed by atoms with van der Waals surface area (Å²) in [5, 5.41) is 24.4. The zero-order valence-electron chi connectivity index (χ0n) is 6.23. The molecule has 0 unspecified atom stereocenters. The molecule has 0 radical (unpaired) electrons. The van der Waals surface area contributed by atoms with Crippen LogP contribution < -0.4 is 11.2 Å². The van der Waals surface area contributed by atoms with E-state index in [1.54, 1.807) is 0 Å². The van der Waals surface area contributed by atoms with Crippen LogP contribution in [0, 0.1) is 5.41 Å². The molecule has 5 N–H and O–H groups in total. The minimum Gasteiger partial charge on any atom is -0.423 e. The Morgan fingerprint density at radius 2 is 2.17 bits per heavy atom. The van der Waals surface area contributed by atoms with Gasteiger partial charge in [-0.3, -0.25) is 10.4 Å². The number of rotatable bonds is 2. The van der Waals surface area contributed by atoms with Crippen LogP contribution in [0.3, 0.4) is 0 Å². The molecule has 0 saturated carbocycles. The lowest BCUT2D eigenvalue weighted by Crippen LogP contribution is -2.30. The molecular formula is C6H8BN3O2. The first-order valence-electron chi connectivity index (χ1n) is 3.27. The number of nitrogens with one attached hydrogen (secondary N) is 1. The average molecular weight is 165 g/mol. The molecule has 0 aliphatic heterocycles. The van der Waals surface area contributed by atoms with Gasteiger partial charge >= 0.3 is 7.12 Å². The van der Waals surface area contributed by atoms with Crippen LogP contribution in [-0.2, 0) is 0 Å². The fourth-order valence-corrected chi connectivity index (χ4v) is 0.717. The van der Waals surface area contributed by atoms with Crippen LogP contribution in [0.25, 0.3) is 0 Å². The molecule has 5 nitrogen and oxygen atoms in total. The topological polar surface area (TPSA) is 103 Å². The maximum Gasteiger partial charge on any atom is 0.490 e. The van der Waals surface area contributed by atoms with Gasteiger partial charge in [0.25, 0.3) is 0 Å². The van der Waals surface area contributed by atoms with Crippen molar-refractivity contribution in [2.45, 2.75) is 0 Å². The number of pyridine rings is 1. The highest BCUT2D eigenvalue weighted by molar-refractivity contribution is 6.58. The number of aromatic nitrogens is 1. The average Bonchev–Trinajstić information content (AvgIpc) is 2.04. The lowest BCUT2D eigenvalue weighted by molar-refractivity contribution is 0.425. The summed E-state index contributed by atoms with van der Waals surface area (Å²) in [6.07, 6.45) is 1.27. The van der Waals surface area contributed by atoms with Gasteiger partial charge in [-0.1, -0.05) is 6.07 Å². The normalized spacial score (nSPS) is 9.50. The molecule has 1 aromatic heterocycles. The smallest absolute Gasteiger partial charge is 0.423 e. The second kappa shape index (κ2) is 3.33. The number of nitrogens with zero attached hydrogens (tertiary/aromatic N) is 1. The Labute approximate surface area is 69.5 Å². The Kier molecular flexibility index (Phi) is 2.42. The van der Waals surface area contributed by atoms with Crippen molar-refractivity contribution in [2.75, 3.05) is 0 Å². The predicted molar refractivity (Wildman–Crippen MR) is 45.1 cm³/mol. The van der Waals surface area contributed by atoms with Crippen molar-refractivity contribution < 1.29 is 10.0 Å². The fourth-order valence-electron chi connectivity index (χ4n) is 0.717.